The molecule has 0 unspecified atom stereocenters. The Morgan fingerprint density at radius 2 is 1.65 bits per heavy atom. The molecule has 0 spiro atoms. The molecule has 114 valence electrons. The molecule has 0 fully saturated rings. The number of hydrogen-bond acceptors (Lipinski definition) is 5. The van der Waals surface area contributed by atoms with Crippen LogP contribution in [0.5, 0.6) is 0 Å². The minimum Gasteiger partial charge on any atom is -0.396 e. The second kappa shape index (κ2) is 6.66. The Bertz CT molecular complexity index is 635. The van der Waals surface area contributed by atoms with Crippen LogP contribution in [0.2, 0.25) is 0 Å². The second-order valence-electron chi connectivity index (χ2n) is 4.57. The number of rotatable bonds is 7. The molecular weight excluding hydrogens is 302 g/mol. The predicted molar refractivity (Wildman–Crippen MR) is 76.8 cm³/mol. The Labute approximate surface area is 120 Å². The van der Waals surface area contributed by atoms with Gasteiger partial charge in [0.25, 0.3) is 0 Å². The summed E-state index contributed by atoms with van der Waals surface area (Å²) in [4.78, 5) is 0.107. The summed E-state index contributed by atoms with van der Waals surface area (Å²) in [7, 11) is -5.55. The fraction of sp³-hybridized carbons (Fsp3) is 0.500. The number of nitrogens with zero attached hydrogens (tertiary/aromatic N) is 1. The van der Waals surface area contributed by atoms with E-state index in [-0.39, 0.29) is 23.8 Å². The smallest absolute Gasteiger partial charge is 0.242 e. The molecule has 6 nitrogen and oxygen atoms in total. The summed E-state index contributed by atoms with van der Waals surface area (Å²) in [6.07, 6.45) is 1.53. The summed E-state index contributed by atoms with van der Waals surface area (Å²) in [5.74, 6) is -0.217. The number of aliphatic hydroxyl groups is 1. The molecule has 1 aromatic carbocycles. The SMILES string of the molecule is CN(CCS(C)(=O)=O)S(=O)(=O)c1ccc(CCO)cc1. The van der Waals surface area contributed by atoms with Crippen LogP contribution in [0.3, 0.4) is 0 Å². The largest absolute Gasteiger partial charge is 0.396 e. The van der Waals surface area contributed by atoms with E-state index in [2.05, 4.69) is 0 Å². The summed E-state index contributed by atoms with van der Waals surface area (Å²) in [6, 6.07) is 6.18. The van der Waals surface area contributed by atoms with E-state index in [1.54, 1.807) is 12.1 Å². The van der Waals surface area contributed by atoms with Crippen molar-refractivity contribution in [1.82, 2.24) is 4.31 Å². The average molecular weight is 321 g/mol. The van der Waals surface area contributed by atoms with Crippen LogP contribution in [0, 0.1) is 0 Å². The molecular formula is C12H19NO5S2. The lowest BCUT2D eigenvalue weighted by atomic mass is 10.2. The minimum atomic E-state index is -3.69. The van der Waals surface area contributed by atoms with Crippen molar-refractivity contribution in [3.8, 4) is 0 Å². The van der Waals surface area contributed by atoms with Crippen molar-refractivity contribution < 1.29 is 21.9 Å². The van der Waals surface area contributed by atoms with Gasteiger partial charge in [0.05, 0.1) is 10.6 Å². The standard InChI is InChI=1S/C12H19NO5S2/c1-13(8-10-19(2,15)16)20(17,18)12-5-3-11(4-6-12)7-9-14/h3-6,14H,7-10H2,1-2H3. The zero-order chi connectivity index (χ0) is 15.4. The normalized spacial score (nSPS) is 12.8. The van der Waals surface area contributed by atoms with Crippen LogP contribution >= 0.6 is 0 Å². The van der Waals surface area contributed by atoms with Gasteiger partial charge in [-0.2, -0.15) is 4.31 Å². The Morgan fingerprint density at radius 1 is 1.10 bits per heavy atom. The molecule has 20 heavy (non-hydrogen) atoms. The lowest BCUT2D eigenvalue weighted by molar-refractivity contribution is 0.299. The lowest BCUT2D eigenvalue weighted by Gasteiger charge is -2.16. The summed E-state index contributed by atoms with van der Waals surface area (Å²) < 4.78 is 47.6. The van der Waals surface area contributed by atoms with Crippen LogP contribution in [0.4, 0.5) is 0 Å². The van der Waals surface area contributed by atoms with Crippen molar-refractivity contribution in [2.75, 3.05) is 32.2 Å². The Kier molecular flexibility index (Phi) is 5.69. The van der Waals surface area contributed by atoms with Gasteiger partial charge in [0, 0.05) is 26.5 Å². The van der Waals surface area contributed by atoms with Crippen LogP contribution in [-0.2, 0) is 26.3 Å². The third kappa shape index (κ3) is 4.86. The molecule has 0 aliphatic heterocycles. The molecule has 1 N–H and O–H groups in total. The molecule has 0 aliphatic rings. The van der Waals surface area contributed by atoms with Gasteiger partial charge >= 0.3 is 0 Å². The van der Waals surface area contributed by atoms with E-state index in [1.165, 1.54) is 19.2 Å². The molecule has 0 bridgehead atoms. The van der Waals surface area contributed by atoms with Crippen molar-refractivity contribution in [2.45, 2.75) is 11.3 Å². The first kappa shape index (κ1) is 17.1. The maximum Gasteiger partial charge on any atom is 0.242 e. The van der Waals surface area contributed by atoms with Gasteiger partial charge in [0.2, 0.25) is 10.0 Å². The van der Waals surface area contributed by atoms with Crippen molar-refractivity contribution in [3.63, 3.8) is 0 Å². The van der Waals surface area contributed by atoms with Gasteiger partial charge in [-0.3, -0.25) is 0 Å². The van der Waals surface area contributed by atoms with Crippen LogP contribution in [0.1, 0.15) is 5.56 Å². The first-order chi connectivity index (χ1) is 9.16. The third-order valence-corrected chi connectivity index (χ3v) is 5.60. The maximum absolute atomic E-state index is 12.2. The Hall–Kier alpha value is -0.960. The summed E-state index contributed by atoms with van der Waals surface area (Å²) in [5.41, 5.74) is 0.838. The monoisotopic (exact) mass is 321 g/mol. The molecule has 0 radical (unpaired) electrons. The molecule has 1 aromatic rings. The zero-order valence-corrected chi connectivity index (χ0v) is 13.1. The van der Waals surface area contributed by atoms with Gasteiger partial charge in [0.15, 0.2) is 0 Å². The van der Waals surface area contributed by atoms with Gasteiger partial charge in [0.1, 0.15) is 9.84 Å². The first-order valence-corrected chi connectivity index (χ1v) is 9.51. The molecule has 0 aliphatic carbocycles. The number of sulfone groups is 1. The van der Waals surface area contributed by atoms with Gasteiger partial charge in [-0.25, -0.2) is 16.8 Å². The predicted octanol–water partition coefficient (Wildman–Crippen LogP) is -0.113. The minimum absolute atomic E-state index is 0.000356. The first-order valence-electron chi connectivity index (χ1n) is 6.00. The number of hydrogen-bond donors (Lipinski definition) is 1. The third-order valence-electron chi connectivity index (χ3n) is 2.81. The van der Waals surface area contributed by atoms with E-state index in [0.717, 1.165) is 16.1 Å². The number of aliphatic hydroxyl groups excluding tert-OH is 1. The van der Waals surface area contributed by atoms with Crippen LogP contribution < -0.4 is 0 Å². The molecule has 1 rings (SSSR count). The Balaban J connectivity index is 2.87. The molecule has 0 aromatic heterocycles. The van der Waals surface area contributed by atoms with Crippen LogP contribution in [-0.4, -0.2) is 58.5 Å². The molecule has 0 saturated carbocycles. The van der Waals surface area contributed by atoms with E-state index in [1.807, 2.05) is 0 Å². The van der Waals surface area contributed by atoms with E-state index < -0.39 is 19.9 Å². The Morgan fingerprint density at radius 3 is 2.10 bits per heavy atom. The van der Waals surface area contributed by atoms with Gasteiger partial charge in [-0.1, -0.05) is 12.1 Å². The zero-order valence-electron chi connectivity index (χ0n) is 11.5. The fourth-order valence-corrected chi connectivity index (χ4v) is 3.44. The van der Waals surface area contributed by atoms with Gasteiger partial charge < -0.3 is 5.11 Å². The molecule has 0 saturated heterocycles. The fourth-order valence-electron chi connectivity index (χ4n) is 1.55. The highest BCUT2D eigenvalue weighted by atomic mass is 32.2. The lowest BCUT2D eigenvalue weighted by Crippen LogP contribution is -2.31. The topological polar surface area (TPSA) is 91.8 Å². The van der Waals surface area contributed by atoms with Crippen LogP contribution in [0.15, 0.2) is 29.2 Å². The second-order valence-corrected chi connectivity index (χ2v) is 8.88. The number of sulfonamides is 1. The van der Waals surface area contributed by atoms with E-state index >= 15 is 0 Å². The summed E-state index contributed by atoms with van der Waals surface area (Å²) in [6.45, 7) is -0.0834. The maximum atomic E-state index is 12.2. The highest BCUT2D eigenvalue weighted by Gasteiger charge is 2.21. The van der Waals surface area contributed by atoms with Crippen molar-refractivity contribution in [1.29, 1.82) is 0 Å². The van der Waals surface area contributed by atoms with E-state index in [9.17, 15) is 16.8 Å². The van der Waals surface area contributed by atoms with Gasteiger partial charge in [-0.05, 0) is 24.1 Å². The summed E-state index contributed by atoms with van der Waals surface area (Å²) in [5, 5.41) is 8.80. The van der Waals surface area contributed by atoms with Crippen molar-refractivity contribution in [3.05, 3.63) is 29.8 Å². The molecule has 0 amide bonds. The average Bonchev–Trinajstić information content (AvgIpc) is 2.36. The number of benzene rings is 1. The van der Waals surface area contributed by atoms with E-state index in [0.29, 0.717) is 6.42 Å². The van der Waals surface area contributed by atoms with Crippen molar-refractivity contribution in [2.24, 2.45) is 0 Å². The van der Waals surface area contributed by atoms with Crippen molar-refractivity contribution >= 4 is 19.9 Å². The molecule has 0 atom stereocenters. The van der Waals surface area contributed by atoms with Crippen LogP contribution in [0.25, 0.3) is 0 Å². The quantitative estimate of drug-likeness (QED) is 0.756. The van der Waals surface area contributed by atoms with E-state index in [4.69, 9.17) is 5.11 Å². The summed E-state index contributed by atoms with van der Waals surface area (Å²) >= 11 is 0. The highest BCUT2D eigenvalue weighted by molar-refractivity contribution is 7.91. The van der Waals surface area contributed by atoms with Gasteiger partial charge in [-0.15, -0.1) is 0 Å². The molecule has 0 heterocycles. The highest BCUT2D eigenvalue weighted by Crippen LogP contribution is 2.15. The molecule has 8 heteroatoms.